The Hall–Kier alpha value is -1.61. The molecule has 0 fully saturated rings. The minimum absolute atomic E-state index is 0.122. The highest BCUT2D eigenvalue weighted by atomic mass is 16.1. The summed E-state index contributed by atoms with van der Waals surface area (Å²) in [6, 6.07) is 7.81. The van der Waals surface area contributed by atoms with Crippen molar-refractivity contribution in [2.45, 2.75) is 26.3 Å². The van der Waals surface area contributed by atoms with Crippen molar-refractivity contribution < 1.29 is 4.79 Å². The first-order valence-corrected chi connectivity index (χ1v) is 5.42. The van der Waals surface area contributed by atoms with Gasteiger partial charge < -0.3 is 10.7 Å². The summed E-state index contributed by atoms with van der Waals surface area (Å²) in [4.78, 5) is 14.4. The molecule has 0 radical (unpaired) electrons. The molecule has 3 heteroatoms. The van der Waals surface area contributed by atoms with E-state index in [1.54, 1.807) is 6.92 Å². The van der Waals surface area contributed by atoms with E-state index in [9.17, 15) is 4.79 Å². The summed E-state index contributed by atoms with van der Waals surface area (Å²) in [5.41, 5.74) is 9.26. The lowest BCUT2D eigenvalue weighted by atomic mass is 10.00. The molecule has 0 saturated heterocycles. The number of ketones is 1. The Bertz CT molecular complexity index is 528. The van der Waals surface area contributed by atoms with Crippen LogP contribution in [0.2, 0.25) is 0 Å². The maximum atomic E-state index is 11.1. The maximum Gasteiger partial charge on any atom is 0.131 e. The van der Waals surface area contributed by atoms with Crippen molar-refractivity contribution in [2.75, 3.05) is 0 Å². The van der Waals surface area contributed by atoms with E-state index < -0.39 is 0 Å². The molecule has 16 heavy (non-hydrogen) atoms. The number of para-hydroxylation sites is 1. The molecule has 1 atom stereocenters. The number of aromatic nitrogens is 1. The number of carbonyl (C=O) groups excluding carboxylic acids is 1. The number of hydrogen-bond acceptors (Lipinski definition) is 2. The Kier molecular flexibility index (Phi) is 2.79. The van der Waals surface area contributed by atoms with Gasteiger partial charge in [-0.25, -0.2) is 0 Å². The number of nitrogens with one attached hydrogen (secondary N) is 1. The summed E-state index contributed by atoms with van der Waals surface area (Å²) >= 11 is 0. The molecule has 0 aliphatic rings. The first-order valence-electron chi connectivity index (χ1n) is 5.42. The van der Waals surface area contributed by atoms with Crippen LogP contribution in [0.3, 0.4) is 0 Å². The third-order valence-electron chi connectivity index (χ3n) is 2.82. The number of fused-ring (bicyclic) bond motifs is 1. The van der Waals surface area contributed by atoms with Gasteiger partial charge in [-0.2, -0.15) is 0 Å². The number of nitrogens with two attached hydrogens (primary N) is 1. The molecule has 0 saturated carbocycles. The molecule has 1 aromatic heterocycles. The van der Waals surface area contributed by atoms with E-state index in [1.807, 2.05) is 31.2 Å². The van der Waals surface area contributed by atoms with Crippen molar-refractivity contribution in [1.29, 1.82) is 0 Å². The molecule has 0 aliphatic carbocycles. The van der Waals surface area contributed by atoms with Crippen molar-refractivity contribution in [3.63, 3.8) is 0 Å². The fraction of sp³-hybridized carbons (Fsp3) is 0.308. The van der Waals surface area contributed by atoms with Gasteiger partial charge in [-0.1, -0.05) is 18.2 Å². The van der Waals surface area contributed by atoms with Gasteiger partial charge >= 0.3 is 0 Å². The van der Waals surface area contributed by atoms with Crippen molar-refractivity contribution in [3.05, 3.63) is 35.5 Å². The summed E-state index contributed by atoms with van der Waals surface area (Å²) in [7, 11) is 0. The number of carbonyl (C=O) groups is 1. The topological polar surface area (TPSA) is 58.9 Å². The van der Waals surface area contributed by atoms with E-state index >= 15 is 0 Å². The lowest BCUT2D eigenvalue weighted by molar-refractivity contribution is -0.117. The van der Waals surface area contributed by atoms with Gasteiger partial charge in [0.2, 0.25) is 0 Å². The highest BCUT2D eigenvalue weighted by Gasteiger charge is 2.16. The van der Waals surface area contributed by atoms with Crippen LogP contribution in [0.15, 0.2) is 24.3 Å². The van der Waals surface area contributed by atoms with Crippen LogP contribution in [0, 0.1) is 6.92 Å². The van der Waals surface area contributed by atoms with E-state index in [1.165, 1.54) is 0 Å². The first kappa shape index (κ1) is 10.9. The van der Waals surface area contributed by atoms with Crippen LogP contribution < -0.4 is 5.73 Å². The zero-order valence-electron chi connectivity index (χ0n) is 9.58. The molecule has 1 heterocycles. The predicted molar refractivity (Wildman–Crippen MR) is 65.3 cm³/mol. The van der Waals surface area contributed by atoms with Gasteiger partial charge in [0.05, 0.1) is 0 Å². The second kappa shape index (κ2) is 4.10. The molecule has 0 bridgehead atoms. The molecule has 1 aromatic carbocycles. The number of aryl methyl sites for hydroxylation is 1. The molecular formula is C13H16N2O. The van der Waals surface area contributed by atoms with Crippen molar-refractivity contribution in [1.82, 2.24) is 4.98 Å². The standard InChI is InChI=1S/C13H16N2O/c1-8(16)7-11(14)13-9(2)15-12-6-4-3-5-10(12)13/h3-6,11,15H,7,14H2,1-2H3. The Labute approximate surface area is 94.6 Å². The zero-order valence-corrected chi connectivity index (χ0v) is 9.58. The van der Waals surface area contributed by atoms with E-state index in [2.05, 4.69) is 4.98 Å². The van der Waals surface area contributed by atoms with E-state index in [4.69, 9.17) is 5.73 Å². The van der Waals surface area contributed by atoms with E-state index in [-0.39, 0.29) is 11.8 Å². The van der Waals surface area contributed by atoms with Crippen LogP contribution in [0.1, 0.15) is 30.6 Å². The normalized spacial score (nSPS) is 12.9. The predicted octanol–water partition coefficient (Wildman–Crippen LogP) is 2.46. The smallest absolute Gasteiger partial charge is 0.131 e. The fourth-order valence-corrected chi connectivity index (χ4v) is 2.19. The summed E-state index contributed by atoms with van der Waals surface area (Å²) < 4.78 is 0. The molecule has 2 rings (SSSR count). The van der Waals surface area contributed by atoms with Gasteiger partial charge in [0.25, 0.3) is 0 Å². The fourth-order valence-electron chi connectivity index (χ4n) is 2.19. The van der Waals surface area contributed by atoms with Crippen LogP contribution >= 0.6 is 0 Å². The third kappa shape index (κ3) is 1.86. The Morgan fingerprint density at radius 3 is 2.81 bits per heavy atom. The Morgan fingerprint density at radius 1 is 1.44 bits per heavy atom. The summed E-state index contributed by atoms with van der Waals surface area (Å²) in [6.07, 6.45) is 0.392. The van der Waals surface area contributed by atoms with Crippen LogP contribution in [0.4, 0.5) is 0 Å². The molecular weight excluding hydrogens is 200 g/mol. The molecule has 1 unspecified atom stereocenters. The third-order valence-corrected chi connectivity index (χ3v) is 2.82. The summed E-state index contributed by atoms with van der Waals surface area (Å²) in [6.45, 7) is 3.57. The number of rotatable bonds is 3. The monoisotopic (exact) mass is 216 g/mol. The van der Waals surface area contributed by atoms with Crippen LogP contribution in [0.5, 0.6) is 0 Å². The lowest BCUT2D eigenvalue weighted by Crippen LogP contribution is -2.14. The maximum absolute atomic E-state index is 11.1. The zero-order chi connectivity index (χ0) is 11.7. The molecule has 3 N–H and O–H groups in total. The van der Waals surface area contributed by atoms with Gasteiger partial charge in [0.1, 0.15) is 5.78 Å². The molecule has 0 aliphatic heterocycles. The van der Waals surface area contributed by atoms with Crippen LogP contribution in [-0.2, 0) is 4.79 Å². The van der Waals surface area contributed by atoms with Gasteiger partial charge in [0.15, 0.2) is 0 Å². The van der Waals surface area contributed by atoms with Gasteiger partial charge in [-0.3, -0.25) is 4.79 Å². The van der Waals surface area contributed by atoms with Crippen LogP contribution in [0.25, 0.3) is 10.9 Å². The number of aromatic amines is 1. The Balaban J connectivity index is 2.50. The second-order valence-electron chi connectivity index (χ2n) is 4.22. The Morgan fingerprint density at radius 2 is 2.12 bits per heavy atom. The largest absolute Gasteiger partial charge is 0.358 e. The van der Waals surface area contributed by atoms with Gasteiger partial charge in [-0.15, -0.1) is 0 Å². The molecule has 0 spiro atoms. The molecule has 3 nitrogen and oxygen atoms in total. The quantitative estimate of drug-likeness (QED) is 0.828. The first-order chi connectivity index (χ1) is 7.59. The number of H-pyrrole nitrogens is 1. The number of Topliss-reactive ketones (excluding diaryl/α,β-unsaturated/α-hetero) is 1. The van der Waals surface area contributed by atoms with Crippen LogP contribution in [-0.4, -0.2) is 10.8 Å². The minimum atomic E-state index is -0.214. The van der Waals surface area contributed by atoms with Gasteiger partial charge in [0, 0.05) is 29.1 Å². The van der Waals surface area contributed by atoms with Crippen molar-refractivity contribution >= 4 is 16.7 Å². The molecule has 84 valence electrons. The number of benzene rings is 1. The highest BCUT2D eigenvalue weighted by molar-refractivity contribution is 5.86. The second-order valence-corrected chi connectivity index (χ2v) is 4.22. The van der Waals surface area contributed by atoms with Gasteiger partial charge in [-0.05, 0) is 25.5 Å². The van der Waals surface area contributed by atoms with Crippen molar-refractivity contribution in [3.8, 4) is 0 Å². The van der Waals surface area contributed by atoms with E-state index in [0.717, 1.165) is 22.2 Å². The summed E-state index contributed by atoms with van der Waals surface area (Å²) in [5.74, 6) is 0.122. The minimum Gasteiger partial charge on any atom is -0.358 e. The lowest BCUT2D eigenvalue weighted by Gasteiger charge is -2.10. The SMILES string of the molecule is CC(=O)CC(N)c1c(C)[nH]c2ccccc12. The molecule has 2 aromatic rings. The van der Waals surface area contributed by atoms with E-state index in [0.29, 0.717) is 6.42 Å². The van der Waals surface area contributed by atoms with Crippen molar-refractivity contribution in [2.24, 2.45) is 5.73 Å². The highest BCUT2D eigenvalue weighted by Crippen LogP contribution is 2.28. The number of hydrogen-bond donors (Lipinski definition) is 2. The summed E-state index contributed by atoms with van der Waals surface area (Å²) in [5, 5.41) is 1.12. The average molecular weight is 216 g/mol. The average Bonchev–Trinajstić information content (AvgIpc) is 2.52. The molecule has 0 amide bonds.